The number of aliphatic hydroxyl groups excluding tert-OH is 1. The molecule has 1 fully saturated rings. The van der Waals surface area contributed by atoms with E-state index < -0.39 is 12.1 Å². The van der Waals surface area contributed by atoms with Gasteiger partial charge in [0.2, 0.25) is 0 Å². The third kappa shape index (κ3) is 1.70. The fraction of sp³-hybridized carbons (Fsp3) is 0.857. The summed E-state index contributed by atoms with van der Waals surface area (Å²) >= 11 is 0. The third-order valence-corrected chi connectivity index (χ3v) is 1.68. The molecule has 0 aromatic heterocycles. The highest BCUT2D eigenvalue weighted by Gasteiger charge is 2.23. The summed E-state index contributed by atoms with van der Waals surface area (Å²) in [6.07, 6.45) is 2.16. The minimum Gasteiger partial charge on any atom is -0.460 e. The van der Waals surface area contributed by atoms with Crippen LogP contribution in [-0.4, -0.2) is 23.3 Å². The molecule has 0 saturated heterocycles. The van der Waals surface area contributed by atoms with Gasteiger partial charge in [0.25, 0.3) is 0 Å². The molecule has 0 amide bonds. The number of hydrogen-bond acceptors (Lipinski definition) is 3. The highest BCUT2D eigenvalue weighted by molar-refractivity contribution is 5.74. The lowest BCUT2D eigenvalue weighted by molar-refractivity contribution is -0.161. The Bertz CT molecular complexity index is 127. The average Bonchev–Trinajstić information content (AvgIpc) is 1.77. The van der Waals surface area contributed by atoms with Gasteiger partial charge in [0.1, 0.15) is 12.2 Å². The van der Waals surface area contributed by atoms with E-state index >= 15 is 0 Å². The van der Waals surface area contributed by atoms with Crippen LogP contribution in [0.2, 0.25) is 0 Å². The van der Waals surface area contributed by atoms with Crippen molar-refractivity contribution in [3.8, 4) is 0 Å². The molecular formula is C7H12O3. The fourth-order valence-corrected chi connectivity index (χ4v) is 0.751. The molecule has 3 nitrogen and oxygen atoms in total. The summed E-state index contributed by atoms with van der Waals surface area (Å²) in [6.45, 7) is 1.42. The Morgan fingerprint density at radius 2 is 2.30 bits per heavy atom. The van der Waals surface area contributed by atoms with E-state index in [1.165, 1.54) is 6.92 Å². The molecule has 1 rings (SSSR count). The first-order valence-electron chi connectivity index (χ1n) is 3.58. The molecule has 0 aromatic rings. The molecule has 0 radical (unpaired) electrons. The molecule has 1 aliphatic carbocycles. The van der Waals surface area contributed by atoms with Crippen molar-refractivity contribution in [1.29, 1.82) is 0 Å². The van der Waals surface area contributed by atoms with Gasteiger partial charge < -0.3 is 9.84 Å². The first-order valence-corrected chi connectivity index (χ1v) is 3.58. The van der Waals surface area contributed by atoms with Gasteiger partial charge in [-0.2, -0.15) is 0 Å². The molecule has 0 aromatic carbocycles. The summed E-state index contributed by atoms with van der Waals surface area (Å²) in [5.74, 6) is -0.496. The average molecular weight is 144 g/mol. The maximum absolute atomic E-state index is 10.7. The second-order valence-electron chi connectivity index (χ2n) is 2.67. The van der Waals surface area contributed by atoms with Gasteiger partial charge in [0.15, 0.2) is 0 Å². The van der Waals surface area contributed by atoms with Gasteiger partial charge in [0.05, 0.1) is 0 Å². The van der Waals surface area contributed by atoms with E-state index in [0.29, 0.717) is 0 Å². The molecule has 0 bridgehead atoms. The molecule has 1 atom stereocenters. The van der Waals surface area contributed by atoms with Crippen LogP contribution in [-0.2, 0) is 9.53 Å². The van der Waals surface area contributed by atoms with Crippen LogP contribution >= 0.6 is 0 Å². The van der Waals surface area contributed by atoms with Gasteiger partial charge in [0, 0.05) is 0 Å². The van der Waals surface area contributed by atoms with Crippen molar-refractivity contribution in [2.75, 3.05) is 0 Å². The first kappa shape index (κ1) is 7.54. The fourth-order valence-electron chi connectivity index (χ4n) is 0.751. The van der Waals surface area contributed by atoms with E-state index in [1.807, 2.05) is 0 Å². The van der Waals surface area contributed by atoms with Gasteiger partial charge in [-0.1, -0.05) is 0 Å². The van der Waals surface area contributed by atoms with Gasteiger partial charge in [-0.3, -0.25) is 0 Å². The van der Waals surface area contributed by atoms with Crippen LogP contribution in [0.1, 0.15) is 26.2 Å². The molecule has 0 spiro atoms. The summed E-state index contributed by atoms with van der Waals surface area (Å²) in [6, 6.07) is 0. The number of hydrogen-bond donors (Lipinski definition) is 1. The van der Waals surface area contributed by atoms with E-state index in [1.54, 1.807) is 0 Å². The lowest BCUT2D eigenvalue weighted by Gasteiger charge is -2.25. The third-order valence-electron chi connectivity index (χ3n) is 1.68. The molecule has 3 heteroatoms. The second kappa shape index (κ2) is 3.01. The van der Waals surface area contributed by atoms with Crippen LogP contribution in [0.25, 0.3) is 0 Å². The van der Waals surface area contributed by atoms with E-state index in [-0.39, 0.29) is 6.10 Å². The van der Waals surface area contributed by atoms with Crippen LogP contribution in [0.4, 0.5) is 0 Å². The maximum atomic E-state index is 10.7. The van der Waals surface area contributed by atoms with Gasteiger partial charge in [-0.25, -0.2) is 4.79 Å². The smallest absolute Gasteiger partial charge is 0.334 e. The number of ether oxygens (including phenoxy) is 1. The van der Waals surface area contributed by atoms with Crippen LogP contribution in [0.5, 0.6) is 0 Å². The molecule has 0 unspecified atom stereocenters. The van der Waals surface area contributed by atoms with Crippen molar-refractivity contribution in [3.05, 3.63) is 0 Å². The van der Waals surface area contributed by atoms with E-state index in [4.69, 9.17) is 9.84 Å². The Hall–Kier alpha value is -0.570. The molecule has 1 saturated carbocycles. The summed E-state index contributed by atoms with van der Waals surface area (Å²) < 4.78 is 4.86. The van der Waals surface area contributed by atoms with E-state index in [9.17, 15) is 4.79 Å². The molecule has 58 valence electrons. The van der Waals surface area contributed by atoms with Crippen molar-refractivity contribution in [2.24, 2.45) is 0 Å². The number of carbonyl (C=O) groups is 1. The van der Waals surface area contributed by atoms with Gasteiger partial charge in [-0.05, 0) is 26.2 Å². The maximum Gasteiger partial charge on any atom is 0.334 e. The lowest BCUT2D eigenvalue weighted by Crippen LogP contribution is -2.30. The van der Waals surface area contributed by atoms with Crippen molar-refractivity contribution in [1.82, 2.24) is 0 Å². The molecule has 10 heavy (non-hydrogen) atoms. The first-order chi connectivity index (χ1) is 4.70. The van der Waals surface area contributed by atoms with Crippen LogP contribution in [0.3, 0.4) is 0 Å². The molecule has 0 aliphatic heterocycles. The Morgan fingerprint density at radius 1 is 1.70 bits per heavy atom. The minimum absolute atomic E-state index is 0.0853. The Labute approximate surface area is 60.0 Å². The van der Waals surface area contributed by atoms with Gasteiger partial charge in [-0.15, -0.1) is 0 Å². The van der Waals surface area contributed by atoms with Crippen molar-refractivity contribution >= 4 is 5.97 Å². The predicted octanol–water partition coefficient (Wildman–Crippen LogP) is 0.463. The van der Waals surface area contributed by atoms with Gasteiger partial charge >= 0.3 is 5.97 Å². The van der Waals surface area contributed by atoms with E-state index in [0.717, 1.165) is 19.3 Å². The van der Waals surface area contributed by atoms with E-state index in [2.05, 4.69) is 0 Å². The van der Waals surface area contributed by atoms with Crippen molar-refractivity contribution in [3.63, 3.8) is 0 Å². The highest BCUT2D eigenvalue weighted by atomic mass is 16.6. The standard InChI is InChI=1S/C7H12O3/c1-5(8)7(9)10-6-3-2-4-6/h5-6,8H,2-4H2,1H3/t5-/m0/s1. The zero-order valence-corrected chi connectivity index (χ0v) is 6.04. The molecular weight excluding hydrogens is 132 g/mol. The second-order valence-corrected chi connectivity index (χ2v) is 2.67. The van der Waals surface area contributed by atoms with Crippen molar-refractivity contribution < 1.29 is 14.6 Å². The highest BCUT2D eigenvalue weighted by Crippen LogP contribution is 2.22. The van der Waals surface area contributed by atoms with Crippen LogP contribution in [0, 0.1) is 0 Å². The number of aliphatic hydroxyl groups is 1. The predicted molar refractivity (Wildman–Crippen MR) is 35.4 cm³/mol. The quantitative estimate of drug-likeness (QED) is 0.573. The topological polar surface area (TPSA) is 46.5 Å². The Kier molecular flexibility index (Phi) is 2.27. The monoisotopic (exact) mass is 144 g/mol. The minimum atomic E-state index is -0.972. The SMILES string of the molecule is C[C@H](O)C(=O)OC1CCC1. The number of rotatable bonds is 2. The van der Waals surface area contributed by atoms with Crippen molar-refractivity contribution in [2.45, 2.75) is 38.4 Å². The molecule has 1 N–H and O–H groups in total. The summed E-state index contributed by atoms with van der Waals surface area (Å²) in [5.41, 5.74) is 0. The lowest BCUT2D eigenvalue weighted by atomic mass is 9.96. The normalized spacial score (nSPS) is 21.4. The summed E-state index contributed by atoms with van der Waals surface area (Å²) in [4.78, 5) is 10.7. The number of carbonyl (C=O) groups excluding carboxylic acids is 1. The summed E-state index contributed by atoms with van der Waals surface area (Å²) in [7, 11) is 0. The van der Waals surface area contributed by atoms with Crippen LogP contribution in [0.15, 0.2) is 0 Å². The molecule has 1 aliphatic rings. The molecule has 0 heterocycles. The zero-order chi connectivity index (χ0) is 7.56. The Morgan fingerprint density at radius 3 is 2.60 bits per heavy atom. The largest absolute Gasteiger partial charge is 0.460 e. The summed E-state index contributed by atoms with van der Waals surface area (Å²) in [5, 5.41) is 8.71. The van der Waals surface area contributed by atoms with Crippen LogP contribution < -0.4 is 0 Å². The zero-order valence-electron chi connectivity index (χ0n) is 6.04. The number of esters is 1. The Balaban J connectivity index is 2.17.